The van der Waals surface area contributed by atoms with E-state index in [0.717, 1.165) is 0 Å². The molecule has 1 aromatic heterocycles. The van der Waals surface area contributed by atoms with E-state index < -0.39 is 17.5 Å². The van der Waals surface area contributed by atoms with Crippen molar-refractivity contribution in [3.8, 4) is 0 Å². The van der Waals surface area contributed by atoms with E-state index in [-0.39, 0.29) is 17.1 Å². The number of nitrogen functional groups attached to an aromatic ring is 1. The number of carbonyl (C=O) groups excluding carboxylic acids is 1. The smallest absolute Gasteiger partial charge is 0.258 e. The van der Waals surface area contributed by atoms with Crippen molar-refractivity contribution in [1.29, 1.82) is 0 Å². The van der Waals surface area contributed by atoms with Gasteiger partial charge in [-0.3, -0.25) is 4.79 Å². The summed E-state index contributed by atoms with van der Waals surface area (Å²) < 4.78 is 27.5. The van der Waals surface area contributed by atoms with Crippen molar-refractivity contribution >= 4 is 17.4 Å². The van der Waals surface area contributed by atoms with Crippen LogP contribution in [0.25, 0.3) is 0 Å². The number of hydrogen-bond donors (Lipinski definition) is 3. The van der Waals surface area contributed by atoms with Crippen LogP contribution in [0.15, 0.2) is 30.5 Å². The highest BCUT2D eigenvalue weighted by Crippen LogP contribution is 2.19. The molecule has 0 spiro atoms. The number of pyridine rings is 1. The second kappa shape index (κ2) is 5.62. The van der Waals surface area contributed by atoms with Gasteiger partial charge in [0, 0.05) is 6.20 Å². The van der Waals surface area contributed by atoms with Crippen molar-refractivity contribution in [3.05, 3.63) is 53.2 Å². The van der Waals surface area contributed by atoms with Gasteiger partial charge in [0.05, 0.1) is 11.3 Å². The van der Waals surface area contributed by atoms with Crippen LogP contribution in [0.5, 0.6) is 0 Å². The van der Waals surface area contributed by atoms with E-state index in [1.807, 2.05) is 5.43 Å². The topological polar surface area (TPSA) is 80.0 Å². The Kier molecular flexibility index (Phi) is 3.90. The van der Waals surface area contributed by atoms with E-state index in [4.69, 9.17) is 5.84 Å². The first-order chi connectivity index (χ1) is 9.52. The van der Waals surface area contributed by atoms with Crippen LogP contribution >= 0.6 is 0 Å². The maximum Gasteiger partial charge on any atom is 0.258 e. The third kappa shape index (κ3) is 2.72. The van der Waals surface area contributed by atoms with Gasteiger partial charge >= 0.3 is 0 Å². The molecule has 1 aromatic carbocycles. The van der Waals surface area contributed by atoms with Gasteiger partial charge in [0.15, 0.2) is 11.6 Å². The van der Waals surface area contributed by atoms with E-state index in [0.29, 0.717) is 5.56 Å². The van der Waals surface area contributed by atoms with Crippen molar-refractivity contribution < 1.29 is 13.6 Å². The van der Waals surface area contributed by atoms with Crippen LogP contribution in [-0.4, -0.2) is 10.9 Å². The standard InChI is InChI=1S/C13H12F2N4O/c1-7-2-3-10(9(14)6-7)18-13(20)8-4-5-17-12(19-16)11(8)15/h2-6H,16H2,1H3,(H,17,19)(H,18,20). The Labute approximate surface area is 113 Å². The van der Waals surface area contributed by atoms with Crippen molar-refractivity contribution in [2.75, 3.05) is 10.7 Å². The van der Waals surface area contributed by atoms with E-state index in [1.165, 1.54) is 24.4 Å². The molecule has 0 aliphatic carbocycles. The van der Waals surface area contributed by atoms with Crippen LogP contribution < -0.4 is 16.6 Å². The van der Waals surface area contributed by atoms with E-state index in [2.05, 4.69) is 10.3 Å². The van der Waals surface area contributed by atoms with Gasteiger partial charge < -0.3 is 10.7 Å². The number of nitrogens with one attached hydrogen (secondary N) is 2. The first kappa shape index (κ1) is 13.9. The first-order valence-electron chi connectivity index (χ1n) is 5.71. The first-order valence-corrected chi connectivity index (χ1v) is 5.71. The maximum absolute atomic E-state index is 13.8. The fourth-order valence-corrected chi connectivity index (χ4v) is 1.63. The van der Waals surface area contributed by atoms with Crippen molar-refractivity contribution in [2.24, 2.45) is 5.84 Å². The third-order valence-electron chi connectivity index (χ3n) is 2.64. The average molecular weight is 278 g/mol. The molecule has 0 aliphatic heterocycles. The molecule has 20 heavy (non-hydrogen) atoms. The molecule has 0 atom stereocenters. The molecule has 0 radical (unpaired) electrons. The molecule has 4 N–H and O–H groups in total. The van der Waals surface area contributed by atoms with Crippen molar-refractivity contribution in [2.45, 2.75) is 6.92 Å². The van der Waals surface area contributed by atoms with Gasteiger partial charge in [-0.1, -0.05) is 6.07 Å². The summed E-state index contributed by atoms with van der Waals surface area (Å²) in [7, 11) is 0. The summed E-state index contributed by atoms with van der Waals surface area (Å²) in [5, 5.41) is 2.30. The Balaban J connectivity index is 2.28. The van der Waals surface area contributed by atoms with Gasteiger partial charge in [-0.05, 0) is 30.7 Å². The highest BCUT2D eigenvalue weighted by Gasteiger charge is 2.16. The summed E-state index contributed by atoms with van der Waals surface area (Å²) in [4.78, 5) is 15.5. The molecule has 5 nitrogen and oxygen atoms in total. The van der Waals surface area contributed by atoms with Crippen molar-refractivity contribution in [3.63, 3.8) is 0 Å². The largest absolute Gasteiger partial charge is 0.319 e. The molecule has 7 heteroatoms. The lowest BCUT2D eigenvalue weighted by Gasteiger charge is -2.09. The number of anilines is 2. The predicted molar refractivity (Wildman–Crippen MR) is 71.1 cm³/mol. The number of nitrogens with zero attached hydrogens (tertiary/aromatic N) is 1. The SMILES string of the molecule is Cc1ccc(NC(=O)c2ccnc(NN)c2F)c(F)c1. The number of halogens is 2. The molecule has 0 aliphatic rings. The Morgan fingerprint density at radius 1 is 1.30 bits per heavy atom. The van der Waals surface area contributed by atoms with Crippen molar-refractivity contribution in [1.82, 2.24) is 4.98 Å². The summed E-state index contributed by atoms with van der Waals surface area (Å²) in [5.41, 5.74) is 2.43. The van der Waals surface area contributed by atoms with E-state index in [1.54, 1.807) is 13.0 Å². The molecule has 2 aromatic rings. The summed E-state index contributed by atoms with van der Waals surface area (Å²) in [6.45, 7) is 1.72. The number of hydrogen-bond acceptors (Lipinski definition) is 4. The van der Waals surface area contributed by atoms with E-state index >= 15 is 0 Å². The molecule has 0 saturated carbocycles. The van der Waals surface area contributed by atoms with Gasteiger partial charge in [0.2, 0.25) is 0 Å². The highest BCUT2D eigenvalue weighted by atomic mass is 19.1. The number of hydrazine groups is 1. The Morgan fingerprint density at radius 3 is 2.70 bits per heavy atom. The number of aromatic nitrogens is 1. The molecule has 104 valence electrons. The minimum absolute atomic E-state index is 0.0286. The molecular weight excluding hydrogens is 266 g/mol. The quantitative estimate of drug-likeness (QED) is 0.594. The minimum atomic E-state index is -0.903. The second-order valence-electron chi connectivity index (χ2n) is 4.10. The average Bonchev–Trinajstić information content (AvgIpc) is 2.42. The number of aryl methyl sites for hydroxylation is 1. The molecule has 1 heterocycles. The Bertz CT molecular complexity index is 661. The Morgan fingerprint density at radius 2 is 2.05 bits per heavy atom. The van der Waals surface area contributed by atoms with Crippen LogP contribution in [0, 0.1) is 18.6 Å². The van der Waals surface area contributed by atoms with Gasteiger partial charge in [-0.25, -0.2) is 19.6 Å². The van der Waals surface area contributed by atoms with Gasteiger partial charge in [0.1, 0.15) is 5.82 Å². The highest BCUT2D eigenvalue weighted by molar-refractivity contribution is 6.04. The van der Waals surface area contributed by atoms with E-state index in [9.17, 15) is 13.6 Å². The summed E-state index contributed by atoms with van der Waals surface area (Å²) in [6, 6.07) is 5.49. The summed E-state index contributed by atoms with van der Waals surface area (Å²) >= 11 is 0. The van der Waals surface area contributed by atoms with Crippen LogP contribution in [0.3, 0.4) is 0 Å². The van der Waals surface area contributed by atoms with Gasteiger partial charge in [-0.15, -0.1) is 0 Å². The number of benzene rings is 1. The molecule has 0 saturated heterocycles. The number of amides is 1. The Hall–Kier alpha value is -2.54. The van der Waals surface area contributed by atoms with Gasteiger partial charge in [0.25, 0.3) is 5.91 Å². The maximum atomic E-state index is 13.8. The molecule has 0 unspecified atom stereocenters. The van der Waals surface area contributed by atoms with Crippen LogP contribution in [0.2, 0.25) is 0 Å². The zero-order chi connectivity index (χ0) is 14.7. The molecule has 2 rings (SSSR count). The number of rotatable bonds is 3. The van der Waals surface area contributed by atoms with Crippen LogP contribution in [0.1, 0.15) is 15.9 Å². The van der Waals surface area contributed by atoms with Crippen LogP contribution in [-0.2, 0) is 0 Å². The lowest BCUT2D eigenvalue weighted by Crippen LogP contribution is -2.18. The fourth-order valence-electron chi connectivity index (χ4n) is 1.63. The monoisotopic (exact) mass is 278 g/mol. The van der Waals surface area contributed by atoms with Crippen LogP contribution in [0.4, 0.5) is 20.3 Å². The summed E-state index contributed by atoms with van der Waals surface area (Å²) in [6.07, 6.45) is 1.22. The fraction of sp³-hybridized carbons (Fsp3) is 0.0769. The lowest BCUT2D eigenvalue weighted by molar-refractivity contribution is 0.102. The molecule has 0 bridgehead atoms. The lowest BCUT2D eigenvalue weighted by atomic mass is 10.2. The number of nitrogens with two attached hydrogens (primary N) is 1. The molecule has 1 amide bonds. The zero-order valence-electron chi connectivity index (χ0n) is 10.6. The third-order valence-corrected chi connectivity index (χ3v) is 2.64. The number of carbonyl (C=O) groups is 1. The predicted octanol–water partition coefficient (Wildman–Crippen LogP) is 2.21. The molecular formula is C13H12F2N4O. The molecule has 0 fully saturated rings. The summed E-state index contributed by atoms with van der Waals surface area (Å²) in [5.74, 6) is 2.52. The second-order valence-corrected chi connectivity index (χ2v) is 4.10. The zero-order valence-corrected chi connectivity index (χ0v) is 10.6. The van der Waals surface area contributed by atoms with Gasteiger partial charge in [-0.2, -0.15) is 0 Å². The normalized spacial score (nSPS) is 10.2. The minimum Gasteiger partial charge on any atom is -0.319 e.